The summed E-state index contributed by atoms with van der Waals surface area (Å²) >= 11 is 0. The molecule has 2 aliphatic rings. The summed E-state index contributed by atoms with van der Waals surface area (Å²) in [5.74, 6) is 1.00. The van der Waals surface area contributed by atoms with Gasteiger partial charge in [0.15, 0.2) is 0 Å². The van der Waals surface area contributed by atoms with Crippen LogP contribution in [0.2, 0.25) is 0 Å². The van der Waals surface area contributed by atoms with Gasteiger partial charge in [0.05, 0.1) is 7.11 Å². The average Bonchev–Trinajstić information content (AvgIpc) is 3.31. The van der Waals surface area contributed by atoms with Crippen LogP contribution >= 0.6 is 0 Å². The van der Waals surface area contributed by atoms with Gasteiger partial charge in [0.1, 0.15) is 12.3 Å². The number of benzene rings is 2. The topological polar surface area (TPSA) is 16.4 Å². The van der Waals surface area contributed by atoms with Crippen molar-refractivity contribution < 1.29 is 9.30 Å². The molecule has 1 aliphatic carbocycles. The Balaban J connectivity index is 1.44. The van der Waals surface area contributed by atoms with Crippen molar-refractivity contribution in [3.63, 3.8) is 0 Å². The van der Waals surface area contributed by atoms with Gasteiger partial charge in [-0.3, -0.25) is 0 Å². The number of hydrogen-bond acceptors (Lipinski definition) is 2. The maximum atomic E-state index is 5.89. The first kappa shape index (κ1) is 22.9. The van der Waals surface area contributed by atoms with Crippen molar-refractivity contribution >= 4 is 28.7 Å². The Labute approximate surface area is 208 Å². The molecule has 3 nitrogen and oxygen atoms in total. The maximum Gasteiger partial charge on any atom is 0.212 e. The van der Waals surface area contributed by atoms with Gasteiger partial charge in [-0.1, -0.05) is 42.5 Å². The minimum absolute atomic E-state index is 0.931. The molecule has 0 fully saturated rings. The third kappa shape index (κ3) is 4.46. The first-order valence-corrected chi connectivity index (χ1v) is 12.6. The standard InChI is InChI=1S/C32H33N2O/c1-4-33-28(20-16-24-10-6-8-12-30(24)33)22-18-26-14-15-27(32(26)35-3)19-23-29-21-17-25-11-7-9-13-31(25)34(29)5-2/h6-13,16-23H,4-5,14-15H2,1-3H3/q+1. The van der Waals surface area contributed by atoms with E-state index < -0.39 is 0 Å². The van der Waals surface area contributed by atoms with Gasteiger partial charge < -0.3 is 9.64 Å². The van der Waals surface area contributed by atoms with E-state index >= 15 is 0 Å². The number of likely N-dealkylation sites (N-methyl/N-ethyl adjacent to an activating group) is 1. The van der Waals surface area contributed by atoms with E-state index in [0.717, 1.165) is 31.7 Å². The smallest absolute Gasteiger partial charge is 0.212 e. The van der Waals surface area contributed by atoms with E-state index in [1.165, 1.54) is 44.7 Å². The van der Waals surface area contributed by atoms with Gasteiger partial charge in [-0.25, -0.2) is 0 Å². The van der Waals surface area contributed by atoms with E-state index in [1.54, 1.807) is 7.11 Å². The highest BCUT2D eigenvalue weighted by molar-refractivity contribution is 5.77. The minimum atomic E-state index is 0.931. The Hall–Kier alpha value is -3.85. The number of allylic oxidation sites excluding steroid dienone is 6. The third-order valence-electron chi connectivity index (χ3n) is 6.94. The zero-order valence-electron chi connectivity index (χ0n) is 20.9. The quantitative estimate of drug-likeness (QED) is 0.360. The van der Waals surface area contributed by atoms with Crippen LogP contribution in [0.25, 0.3) is 23.1 Å². The van der Waals surface area contributed by atoms with Crippen LogP contribution in [0.15, 0.2) is 108 Å². The fourth-order valence-electron chi connectivity index (χ4n) is 5.21. The molecule has 0 amide bonds. The van der Waals surface area contributed by atoms with Gasteiger partial charge in [-0.05, 0) is 79.8 Å². The molecule has 0 spiro atoms. The maximum absolute atomic E-state index is 5.89. The van der Waals surface area contributed by atoms with E-state index in [4.69, 9.17) is 4.74 Å². The van der Waals surface area contributed by atoms with Crippen LogP contribution in [-0.2, 0) is 11.3 Å². The third-order valence-corrected chi connectivity index (χ3v) is 6.94. The van der Waals surface area contributed by atoms with Crippen LogP contribution in [0.5, 0.6) is 0 Å². The number of nitrogens with zero attached hydrogens (tertiary/aromatic N) is 2. The van der Waals surface area contributed by atoms with Crippen LogP contribution in [0, 0.1) is 0 Å². The number of anilines is 1. The summed E-state index contributed by atoms with van der Waals surface area (Å²) in [6.45, 7) is 6.26. The lowest BCUT2D eigenvalue weighted by Gasteiger charge is -2.29. The predicted molar refractivity (Wildman–Crippen MR) is 147 cm³/mol. The number of para-hydroxylation sites is 2. The molecule has 0 unspecified atom stereocenters. The van der Waals surface area contributed by atoms with Crippen molar-refractivity contribution in [2.45, 2.75) is 33.2 Å². The first-order valence-electron chi connectivity index (χ1n) is 12.6. The second kappa shape index (κ2) is 10.2. The van der Waals surface area contributed by atoms with Crippen molar-refractivity contribution in [1.82, 2.24) is 0 Å². The molecule has 1 aliphatic heterocycles. The molecule has 3 heteroatoms. The van der Waals surface area contributed by atoms with Gasteiger partial charge in [-0.15, -0.1) is 0 Å². The summed E-state index contributed by atoms with van der Waals surface area (Å²) in [5.41, 5.74) is 8.72. The normalized spacial score (nSPS) is 17.9. The Morgan fingerprint density at radius 2 is 1.71 bits per heavy atom. The number of hydrogen-bond donors (Lipinski definition) is 0. The van der Waals surface area contributed by atoms with Crippen LogP contribution in [-0.4, -0.2) is 13.7 Å². The molecule has 0 bridgehead atoms. The number of aryl methyl sites for hydroxylation is 1. The number of methoxy groups -OCH3 is 1. The van der Waals surface area contributed by atoms with Gasteiger partial charge in [0, 0.05) is 41.5 Å². The number of fused-ring (bicyclic) bond motifs is 2. The Morgan fingerprint density at radius 1 is 0.886 bits per heavy atom. The van der Waals surface area contributed by atoms with E-state index in [0.29, 0.717) is 0 Å². The molecule has 0 N–H and O–H groups in total. The lowest BCUT2D eigenvalue weighted by molar-refractivity contribution is -0.669. The lowest BCUT2D eigenvalue weighted by atomic mass is 10.1. The summed E-state index contributed by atoms with van der Waals surface area (Å²) in [6.07, 6.45) is 15.3. The Morgan fingerprint density at radius 3 is 2.54 bits per heavy atom. The van der Waals surface area contributed by atoms with Crippen molar-refractivity contribution in [3.05, 3.63) is 119 Å². The van der Waals surface area contributed by atoms with Crippen LogP contribution in [0.1, 0.15) is 37.9 Å². The molecule has 2 aromatic carbocycles. The monoisotopic (exact) mass is 461 g/mol. The summed E-state index contributed by atoms with van der Waals surface area (Å²) in [7, 11) is 1.78. The molecule has 35 heavy (non-hydrogen) atoms. The van der Waals surface area contributed by atoms with E-state index in [-0.39, 0.29) is 0 Å². The summed E-state index contributed by atoms with van der Waals surface area (Å²) in [6, 6.07) is 21.5. The Kier molecular flexibility index (Phi) is 6.67. The number of rotatable bonds is 6. The van der Waals surface area contributed by atoms with Crippen molar-refractivity contribution in [2.75, 3.05) is 18.6 Å². The molecular formula is C32H33N2O+. The molecular weight excluding hydrogens is 428 g/mol. The molecule has 2 heterocycles. The second-order valence-electron chi connectivity index (χ2n) is 8.87. The summed E-state index contributed by atoms with van der Waals surface area (Å²) < 4.78 is 8.26. The summed E-state index contributed by atoms with van der Waals surface area (Å²) in [4.78, 5) is 2.36. The van der Waals surface area contributed by atoms with Crippen molar-refractivity contribution in [2.24, 2.45) is 0 Å². The molecule has 0 saturated carbocycles. The zero-order chi connectivity index (χ0) is 24.2. The predicted octanol–water partition coefficient (Wildman–Crippen LogP) is 7.22. The Bertz CT molecular complexity index is 1400. The average molecular weight is 462 g/mol. The fraction of sp³-hybridized carbons (Fsp3) is 0.219. The molecule has 3 aromatic rings. The molecule has 1 aromatic heterocycles. The minimum Gasteiger partial charge on any atom is -0.496 e. The van der Waals surface area contributed by atoms with Gasteiger partial charge in [0.2, 0.25) is 11.2 Å². The van der Waals surface area contributed by atoms with E-state index in [9.17, 15) is 0 Å². The van der Waals surface area contributed by atoms with Crippen LogP contribution in [0.3, 0.4) is 0 Å². The second-order valence-corrected chi connectivity index (χ2v) is 8.87. The largest absolute Gasteiger partial charge is 0.496 e. The van der Waals surface area contributed by atoms with Crippen molar-refractivity contribution in [3.8, 4) is 0 Å². The zero-order valence-corrected chi connectivity index (χ0v) is 20.9. The van der Waals surface area contributed by atoms with Crippen LogP contribution in [0.4, 0.5) is 5.69 Å². The highest BCUT2D eigenvalue weighted by atomic mass is 16.5. The molecule has 0 atom stereocenters. The molecule has 0 radical (unpaired) electrons. The SMILES string of the molecule is CCN1C(=CC=C2CCC(C=Cc3ccc4ccccc4[n+]3CC)=C2OC)C=Cc2ccccc21. The van der Waals surface area contributed by atoms with E-state index in [2.05, 4.69) is 120 Å². The lowest BCUT2D eigenvalue weighted by Crippen LogP contribution is -2.36. The van der Waals surface area contributed by atoms with Crippen molar-refractivity contribution in [1.29, 1.82) is 0 Å². The molecule has 5 rings (SSSR count). The highest BCUT2D eigenvalue weighted by Crippen LogP contribution is 2.34. The van der Waals surface area contributed by atoms with E-state index in [1.807, 2.05) is 0 Å². The van der Waals surface area contributed by atoms with Gasteiger partial charge in [0.25, 0.3) is 0 Å². The van der Waals surface area contributed by atoms with Crippen LogP contribution < -0.4 is 9.47 Å². The van der Waals surface area contributed by atoms with Gasteiger partial charge in [-0.2, -0.15) is 4.57 Å². The number of ether oxygens (including phenoxy) is 1. The highest BCUT2D eigenvalue weighted by Gasteiger charge is 2.20. The molecule has 0 saturated heterocycles. The first-order chi connectivity index (χ1) is 17.2. The molecule has 176 valence electrons. The number of aromatic nitrogens is 1. The summed E-state index contributed by atoms with van der Waals surface area (Å²) in [5, 5.41) is 1.27. The van der Waals surface area contributed by atoms with Gasteiger partial charge >= 0.3 is 0 Å². The fourth-order valence-corrected chi connectivity index (χ4v) is 5.21. The number of pyridine rings is 1.